The van der Waals surface area contributed by atoms with Gasteiger partial charge in [-0.1, -0.05) is 22.0 Å². The Bertz CT molecular complexity index is 594. The summed E-state index contributed by atoms with van der Waals surface area (Å²) < 4.78 is 28.0. The molecule has 1 aromatic heterocycles. The Labute approximate surface area is 125 Å². The van der Waals surface area contributed by atoms with Crippen molar-refractivity contribution in [2.75, 3.05) is 11.9 Å². The maximum absolute atomic E-state index is 14.0. The Hall–Kier alpha value is -1.49. The van der Waals surface area contributed by atoms with Crippen LogP contribution in [0, 0.1) is 18.6 Å². The van der Waals surface area contributed by atoms with E-state index in [1.165, 1.54) is 17.0 Å². The third-order valence-electron chi connectivity index (χ3n) is 2.96. The summed E-state index contributed by atoms with van der Waals surface area (Å²) in [6, 6.07) is 8.29. The highest BCUT2D eigenvalue weighted by Crippen LogP contribution is 2.26. The number of pyridine rings is 1. The summed E-state index contributed by atoms with van der Waals surface area (Å²) in [5.41, 5.74) is 2.20. The first-order valence-electron chi connectivity index (χ1n) is 6.19. The molecule has 2 rings (SSSR count). The molecule has 2 aromatic rings. The van der Waals surface area contributed by atoms with Gasteiger partial charge in [0.1, 0.15) is 17.3 Å². The highest BCUT2D eigenvalue weighted by atomic mass is 79.9. The molecule has 0 saturated carbocycles. The number of nitrogens with zero attached hydrogens (tertiary/aromatic N) is 2. The van der Waals surface area contributed by atoms with E-state index in [0.717, 1.165) is 11.4 Å². The van der Waals surface area contributed by atoms with E-state index in [9.17, 15) is 8.78 Å². The van der Waals surface area contributed by atoms with Crippen molar-refractivity contribution >= 4 is 21.6 Å². The number of benzene rings is 1. The number of rotatable bonds is 4. The molecule has 0 aliphatic heterocycles. The lowest BCUT2D eigenvalue weighted by molar-refractivity contribution is 0.574. The first kappa shape index (κ1) is 14.9. The largest absolute Gasteiger partial charge is 0.364 e. The molecule has 0 aliphatic carbocycles. The quantitative estimate of drug-likeness (QED) is 0.775. The zero-order valence-electron chi connectivity index (χ0n) is 11.3. The molecule has 0 fully saturated rings. The van der Waals surface area contributed by atoms with Gasteiger partial charge in [-0.3, -0.25) is 4.98 Å². The number of halogens is 3. The van der Waals surface area contributed by atoms with E-state index >= 15 is 0 Å². The van der Waals surface area contributed by atoms with Gasteiger partial charge in [-0.15, -0.1) is 0 Å². The van der Waals surface area contributed by atoms with Crippen LogP contribution in [0.4, 0.5) is 14.5 Å². The molecule has 1 aromatic carbocycles. The predicted molar refractivity (Wildman–Crippen MR) is 80.1 cm³/mol. The topological polar surface area (TPSA) is 16.1 Å². The molecule has 0 aliphatic rings. The molecule has 0 spiro atoms. The lowest BCUT2D eigenvalue weighted by Crippen LogP contribution is -2.20. The highest BCUT2D eigenvalue weighted by Gasteiger charge is 2.15. The lowest BCUT2D eigenvalue weighted by atomic mass is 10.2. The van der Waals surface area contributed by atoms with Crippen LogP contribution in [0.5, 0.6) is 0 Å². The smallest absolute Gasteiger partial charge is 0.149 e. The minimum Gasteiger partial charge on any atom is -0.364 e. The normalized spacial score (nSPS) is 10.7. The molecule has 5 heteroatoms. The number of alkyl halides is 1. The molecule has 0 bridgehead atoms. The number of hydrogen-bond donors (Lipinski definition) is 0. The van der Waals surface area contributed by atoms with E-state index in [2.05, 4.69) is 20.9 Å². The summed E-state index contributed by atoms with van der Waals surface area (Å²) in [4.78, 5) is 5.87. The van der Waals surface area contributed by atoms with E-state index in [1.54, 1.807) is 7.05 Å². The number of anilines is 1. The second-order valence-corrected chi connectivity index (χ2v) is 5.23. The molecule has 20 heavy (non-hydrogen) atoms. The molecule has 0 amide bonds. The van der Waals surface area contributed by atoms with Gasteiger partial charge in [-0.25, -0.2) is 8.78 Å². The van der Waals surface area contributed by atoms with Crippen LogP contribution >= 0.6 is 15.9 Å². The highest BCUT2D eigenvalue weighted by molar-refractivity contribution is 9.08. The van der Waals surface area contributed by atoms with Crippen LogP contribution in [0.1, 0.15) is 17.0 Å². The SMILES string of the molecule is Cc1cccc(CN(C)c2c(F)cc(CBr)cc2F)n1. The number of aryl methyl sites for hydroxylation is 1. The summed E-state index contributed by atoms with van der Waals surface area (Å²) in [6.07, 6.45) is 0. The van der Waals surface area contributed by atoms with Crippen molar-refractivity contribution in [1.82, 2.24) is 4.98 Å². The number of aromatic nitrogens is 1. The molecule has 0 unspecified atom stereocenters. The van der Waals surface area contributed by atoms with Gasteiger partial charge in [0.2, 0.25) is 0 Å². The summed E-state index contributed by atoms with van der Waals surface area (Å²) in [6.45, 7) is 2.23. The van der Waals surface area contributed by atoms with E-state index in [0.29, 0.717) is 17.4 Å². The van der Waals surface area contributed by atoms with Gasteiger partial charge >= 0.3 is 0 Å². The third kappa shape index (κ3) is 3.33. The Kier molecular flexibility index (Phi) is 4.70. The minimum absolute atomic E-state index is 0.0296. The average molecular weight is 341 g/mol. The summed E-state index contributed by atoms with van der Waals surface area (Å²) in [7, 11) is 1.65. The van der Waals surface area contributed by atoms with Crippen molar-refractivity contribution in [3.05, 3.63) is 58.9 Å². The lowest BCUT2D eigenvalue weighted by Gasteiger charge is -2.20. The van der Waals surface area contributed by atoms with E-state index in [4.69, 9.17) is 0 Å². The molecule has 0 N–H and O–H groups in total. The van der Waals surface area contributed by atoms with Crippen LogP contribution in [-0.2, 0) is 11.9 Å². The molecule has 106 valence electrons. The maximum atomic E-state index is 14.0. The van der Waals surface area contributed by atoms with Crippen LogP contribution in [-0.4, -0.2) is 12.0 Å². The van der Waals surface area contributed by atoms with Crippen LogP contribution in [0.2, 0.25) is 0 Å². The monoisotopic (exact) mass is 340 g/mol. The van der Waals surface area contributed by atoms with Crippen molar-refractivity contribution in [3.8, 4) is 0 Å². The second-order valence-electron chi connectivity index (χ2n) is 4.67. The average Bonchev–Trinajstić information content (AvgIpc) is 2.37. The van der Waals surface area contributed by atoms with E-state index < -0.39 is 11.6 Å². The Morgan fingerprint density at radius 2 is 1.85 bits per heavy atom. The van der Waals surface area contributed by atoms with Crippen LogP contribution in [0.25, 0.3) is 0 Å². The minimum atomic E-state index is -0.561. The Balaban J connectivity index is 2.27. The van der Waals surface area contributed by atoms with Crippen molar-refractivity contribution in [1.29, 1.82) is 0 Å². The standard InChI is InChI=1S/C15H15BrF2N2/c1-10-4-3-5-12(19-10)9-20(2)15-13(17)6-11(8-16)7-14(15)18/h3-7H,8-9H2,1-2H3. The summed E-state index contributed by atoms with van der Waals surface area (Å²) in [5.74, 6) is -1.12. The maximum Gasteiger partial charge on any atom is 0.149 e. The zero-order chi connectivity index (χ0) is 14.7. The predicted octanol–water partition coefficient (Wildman–Crippen LogP) is 4.20. The number of hydrogen-bond acceptors (Lipinski definition) is 2. The van der Waals surface area contributed by atoms with Gasteiger partial charge in [-0.2, -0.15) is 0 Å². The van der Waals surface area contributed by atoms with Crippen molar-refractivity contribution < 1.29 is 8.78 Å². The van der Waals surface area contributed by atoms with Gasteiger partial charge in [0.05, 0.1) is 12.2 Å². The van der Waals surface area contributed by atoms with Crippen LogP contribution in [0.15, 0.2) is 30.3 Å². The van der Waals surface area contributed by atoms with Gasteiger partial charge in [0, 0.05) is 18.1 Å². The zero-order valence-corrected chi connectivity index (χ0v) is 12.9. The molecule has 0 radical (unpaired) electrons. The van der Waals surface area contributed by atoms with Gasteiger partial charge in [0.25, 0.3) is 0 Å². The first-order valence-corrected chi connectivity index (χ1v) is 7.31. The summed E-state index contributed by atoms with van der Waals surface area (Å²) >= 11 is 3.19. The van der Waals surface area contributed by atoms with Gasteiger partial charge in [-0.05, 0) is 36.8 Å². The third-order valence-corrected chi connectivity index (χ3v) is 3.61. The van der Waals surface area contributed by atoms with E-state index in [1.807, 2.05) is 25.1 Å². The molecule has 0 atom stereocenters. The molecular formula is C15H15BrF2N2. The van der Waals surface area contributed by atoms with Crippen molar-refractivity contribution in [3.63, 3.8) is 0 Å². The van der Waals surface area contributed by atoms with Gasteiger partial charge in [0.15, 0.2) is 0 Å². The fraction of sp³-hybridized carbons (Fsp3) is 0.267. The van der Waals surface area contributed by atoms with E-state index in [-0.39, 0.29) is 5.69 Å². The Morgan fingerprint density at radius 3 is 2.40 bits per heavy atom. The fourth-order valence-electron chi connectivity index (χ4n) is 2.07. The fourth-order valence-corrected chi connectivity index (χ4v) is 2.39. The van der Waals surface area contributed by atoms with Crippen molar-refractivity contribution in [2.45, 2.75) is 18.8 Å². The second kappa shape index (κ2) is 6.31. The summed E-state index contributed by atoms with van der Waals surface area (Å²) in [5, 5.41) is 0.421. The van der Waals surface area contributed by atoms with Crippen molar-refractivity contribution in [2.24, 2.45) is 0 Å². The Morgan fingerprint density at radius 1 is 1.20 bits per heavy atom. The van der Waals surface area contributed by atoms with Crippen LogP contribution < -0.4 is 4.90 Å². The molecular weight excluding hydrogens is 326 g/mol. The molecule has 1 heterocycles. The first-order chi connectivity index (χ1) is 9.51. The molecule has 2 nitrogen and oxygen atoms in total. The van der Waals surface area contributed by atoms with Gasteiger partial charge < -0.3 is 4.90 Å². The molecule has 0 saturated heterocycles. The van der Waals surface area contributed by atoms with Crippen LogP contribution in [0.3, 0.4) is 0 Å².